The average molecular weight is 290 g/mol. The Bertz CT molecular complexity index is 512. The first-order valence-electron chi connectivity index (χ1n) is 5.06. The lowest BCUT2D eigenvalue weighted by Crippen LogP contribution is -2.09. The van der Waals surface area contributed by atoms with Crippen molar-refractivity contribution >= 4 is 17.7 Å². The number of carbonyl (C=O) groups excluding carboxylic acids is 1. The lowest BCUT2D eigenvalue weighted by atomic mass is 10.2. The van der Waals surface area contributed by atoms with E-state index in [1.54, 1.807) is 6.07 Å². The summed E-state index contributed by atoms with van der Waals surface area (Å²) in [6.07, 6.45) is -4.53. The van der Waals surface area contributed by atoms with Gasteiger partial charge in [0.05, 0.1) is 19.1 Å². The van der Waals surface area contributed by atoms with Crippen LogP contribution < -0.4 is 0 Å². The third-order valence-electron chi connectivity index (χ3n) is 2.04. The van der Waals surface area contributed by atoms with Gasteiger partial charge >= 0.3 is 12.1 Å². The summed E-state index contributed by atoms with van der Waals surface area (Å²) >= 11 is 0.911. The first-order chi connectivity index (χ1) is 8.88. The minimum atomic E-state index is -4.56. The van der Waals surface area contributed by atoms with E-state index in [9.17, 15) is 18.0 Å². The van der Waals surface area contributed by atoms with E-state index in [1.165, 1.54) is 7.11 Å². The lowest BCUT2D eigenvalue weighted by Gasteiger charge is -2.08. The number of rotatable bonds is 4. The van der Waals surface area contributed by atoms with E-state index in [0.717, 1.165) is 23.9 Å². The van der Waals surface area contributed by atoms with Gasteiger partial charge in [0.1, 0.15) is 16.8 Å². The number of methoxy groups -OCH3 is 1. The summed E-state index contributed by atoms with van der Waals surface area (Å²) in [6.45, 7) is 0. The van der Waals surface area contributed by atoms with Gasteiger partial charge in [-0.05, 0) is 12.1 Å². The normalized spacial score (nSPS) is 10.9. The average Bonchev–Trinajstić information content (AvgIpc) is 2.37. The van der Waals surface area contributed by atoms with Crippen molar-refractivity contribution in [2.24, 2.45) is 0 Å². The van der Waals surface area contributed by atoms with Crippen LogP contribution in [0.2, 0.25) is 0 Å². The van der Waals surface area contributed by atoms with Crippen LogP contribution >= 0.6 is 11.8 Å². The number of aromatic nitrogens is 1. The second-order valence-corrected chi connectivity index (χ2v) is 4.42. The van der Waals surface area contributed by atoms with Gasteiger partial charge in [-0.25, -0.2) is 4.98 Å². The number of hydrogen-bond acceptors (Lipinski definition) is 5. The molecule has 19 heavy (non-hydrogen) atoms. The number of thioether (sulfide) groups is 1. The van der Waals surface area contributed by atoms with Crippen LogP contribution in [0.1, 0.15) is 17.7 Å². The zero-order chi connectivity index (χ0) is 14.5. The van der Waals surface area contributed by atoms with Gasteiger partial charge in [-0.3, -0.25) is 4.79 Å². The maximum atomic E-state index is 12.5. The van der Waals surface area contributed by atoms with E-state index in [4.69, 9.17) is 5.26 Å². The Kier molecular flexibility index (Phi) is 5.18. The molecule has 0 radical (unpaired) electrons. The van der Waals surface area contributed by atoms with Crippen LogP contribution in [0.5, 0.6) is 0 Å². The molecule has 0 aliphatic carbocycles. The van der Waals surface area contributed by atoms with Gasteiger partial charge in [-0.15, -0.1) is 11.8 Å². The predicted octanol–water partition coefficient (Wildman–Crippen LogP) is 2.63. The molecule has 8 heteroatoms. The quantitative estimate of drug-likeness (QED) is 0.630. The van der Waals surface area contributed by atoms with Gasteiger partial charge in [0, 0.05) is 5.75 Å². The van der Waals surface area contributed by atoms with Crippen molar-refractivity contribution in [3.05, 3.63) is 23.4 Å². The molecule has 1 heterocycles. The van der Waals surface area contributed by atoms with Crippen molar-refractivity contribution in [2.75, 3.05) is 12.9 Å². The second kappa shape index (κ2) is 6.43. The van der Waals surface area contributed by atoms with E-state index in [1.807, 2.05) is 0 Å². The van der Waals surface area contributed by atoms with E-state index in [0.29, 0.717) is 0 Å². The Balaban J connectivity index is 2.86. The fourth-order valence-electron chi connectivity index (χ4n) is 1.13. The van der Waals surface area contributed by atoms with Crippen LogP contribution in [0, 0.1) is 11.3 Å². The molecule has 1 aromatic rings. The molecule has 0 saturated carbocycles. The summed E-state index contributed by atoms with van der Waals surface area (Å²) in [7, 11) is 1.22. The Morgan fingerprint density at radius 1 is 1.53 bits per heavy atom. The van der Waals surface area contributed by atoms with Crippen LogP contribution in [-0.2, 0) is 15.7 Å². The van der Waals surface area contributed by atoms with Gasteiger partial charge in [0.2, 0.25) is 0 Å². The summed E-state index contributed by atoms with van der Waals surface area (Å²) < 4.78 is 41.8. The molecule has 0 amide bonds. The molecule has 0 aromatic carbocycles. The number of esters is 1. The SMILES string of the molecule is COC(=O)CCSc1nc(C(F)(F)F)ccc1C#N. The number of nitriles is 1. The van der Waals surface area contributed by atoms with Crippen LogP contribution in [-0.4, -0.2) is 23.8 Å². The van der Waals surface area contributed by atoms with Crippen LogP contribution in [0.4, 0.5) is 13.2 Å². The molecule has 102 valence electrons. The summed E-state index contributed by atoms with van der Waals surface area (Å²) in [5.41, 5.74) is -1.02. The molecule has 0 bridgehead atoms. The number of nitrogens with zero attached hydrogens (tertiary/aromatic N) is 2. The first kappa shape index (κ1) is 15.3. The van der Waals surface area contributed by atoms with Gasteiger partial charge in [-0.1, -0.05) is 0 Å². The predicted molar refractivity (Wildman–Crippen MR) is 61.3 cm³/mol. The summed E-state index contributed by atoms with van der Waals surface area (Å²) in [4.78, 5) is 14.3. The topological polar surface area (TPSA) is 63.0 Å². The standard InChI is InChI=1S/C11H9F3N2O2S/c1-18-9(17)4-5-19-10-7(6-15)2-3-8(16-10)11(12,13)14/h2-3H,4-5H2,1H3. The molecule has 0 saturated heterocycles. The van der Waals surface area contributed by atoms with Crippen molar-refractivity contribution in [1.29, 1.82) is 5.26 Å². The van der Waals surface area contributed by atoms with Gasteiger partial charge in [0.15, 0.2) is 0 Å². The number of alkyl halides is 3. The summed E-state index contributed by atoms with van der Waals surface area (Å²) in [5, 5.41) is 8.75. The van der Waals surface area contributed by atoms with E-state index in [-0.39, 0.29) is 22.8 Å². The summed E-state index contributed by atoms with van der Waals surface area (Å²) in [5.74, 6) is -0.284. The smallest absolute Gasteiger partial charge is 0.433 e. The fourth-order valence-corrected chi connectivity index (χ4v) is 2.02. The van der Waals surface area contributed by atoms with Crippen molar-refractivity contribution in [3.63, 3.8) is 0 Å². The van der Waals surface area contributed by atoms with E-state index in [2.05, 4.69) is 9.72 Å². The highest BCUT2D eigenvalue weighted by molar-refractivity contribution is 7.99. The molecule has 1 rings (SSSR count). The first-order valence-corrected chi connectivity index (χ1v) is 6.05. The van der Waals surface area contributed by atoms with Crippen molar-refractivity contribution < 1.29 is 22.7 Å². The molecule has 0 N–H and O–H groups in total. The Morgan fingerprint density at radius 3 is 2.74 bits per heavy atom. The number of ether oxygens (including phenoxy) is 1. The van der Waals surface area contributed by atoms with Crippen molar-refractivity contribution in [2.45, 2.75) is 17.6 Å². The zero-order valence-electron chi connectivity index (χ0n) is 9.82. The molecule has 0 fully saturated rings. The van der Waals surface area contributed by atoms with Crippen LogP contribution in [0.15, 0.2) is 17.2 Å². The molecule has 0 aliphatic rings. The maximum Gasteiger partial charge on any atom is 0.433 e. The second-order valence-electron chi connectivity index (χ2n) is 3.33. The minimum Gasteiger partial charge on any atom is -0.469 e. The molecule has 0 unspecified atom stereocenters. The monoisotopic (exact) mass is 290 g/mol. The third-order valence-corrected chi connectivity index (χ3v) is 3.04. The molecule has 0 aliphatic heterocycles. The Hall–Kier alpha value is -1.75. The zero-order valence-corrected chi connectivity index (χ0v) is 10.6. The third kappa shape index (κ3) is 4.44. The Labute approximate surface area is 111 Å². The lowest BCUT2D eigenvalue weighted by molar-refractivity contribution is -0.142. The van der Waals surface area contributed by atoms with Crippen molar-refractivity contribution in [1.82, 2.24) is 4.98 Å². The molecule has 4 nitrogen and oxygen atoms in total. The molecule has 1 aromatic heterocycles. The van der Waals surface area contributed by atoms with E-state index < -0.39 is 17.8 Å². The van der Waals surface area contributed by atoms with Crippen LogP contribution in [0.25, 0.3) is 0 Å². The largest absolute Gasteiger partial charge is 0.469 e. The molecular formula is C11H9F3N2O2S. The number of carbonyl (C=O) groups is 1. The summed E-state index contributed by atoms with van der Waals surface area (Å²) in [6, 6.07) is 3.58. The highest BCUT2D eigenvalue weighted by Gasteiger charge is 2.33. The fraction of sp³-hybridized carbons (Fsp3) is 0.364. The highest BCUT2D eigenvalue weighted by atomic mass is 32.2. The van der Waals surface area contributed by atoms with E-state index >= 15 is 0 Å². The number of hydrogen-bond donors (Lipinski definition) is 0. The number of pyridine rings is 1. The van der Waals surface area contributed by atoms with Gasteiger partial charge < -0.3 is 4.74 Å². The number of halogens is 3. The molecular weight excluding hydrogens is 281 g/mol. The van der Waals surface area contributed by atoms with Crippen molar-refractivity contribution in [3.8, 4) is 6.07 Å². The van der Waals surface area contributed by atoms with Gasteiger partial charge in [0.25, 0.3) is 0 Å². The minimum absolute atomic E-state index is 0.0317. The molecule has 0 atom stereocenters. The Morgan fingerprint density at radius 2 is 2.21 bits per heavy atom. The molecule has 0 spiro atoms. The van der Waals surface area contributed by atoms with Gasteiger partial charge in [-0.2, -0.15) is 18.4 Å². The van der Waals surface area contributed by atoms with Crippen LogP contribution in [0.3, 0.4) is 0 Å². The highest BCUT2D eigenvalue weighted by Crippen LogP contribution is 2.30. The maximum absolute atomic E-state index is 12.5.